The Morgan fingerprint density at radius 3 is 1.87 bits per heavy atom. The topological polar surface area (TPSA) is 283 Å². The van der Waals surface area contributed by atoms with Crippen molar-refractivity contribution in [2.75, 3.05) is 27.4 Å². The number of rotatable bonds is 14. The van der Waals surface area contributed by atoms with Gasteiger partial charge in [-0.2, -0.15) is 0 Å². The molecule has 0 aromatic carbocycles. The molecular weight excluding hydrogens is 630 g/mol. The molecule has 1 saturated heterocycles. The smallest absolute Gasteiger partial charge is 0.376 e. The van der Waals surface area contributed by atoms with Crippen LogP contribution in [0.2, 0.25) is 0 Å². The first kappa shape index (κ1) is 38.0. The molecule has 0 radical (unpaired) electrons. The average molecular weight is 666 g/mol. The van der Waals surface area contributed by atoms with Crippen molar-refractivity contribution >= 4 is 35.8 Å². The van der Waals surface area contributed by atoms with Crippen molar-refractivity contribution in [3.05, 3.63) is 17.3 Å². The minimum absolute atomic E-state index is 0.758. The maximum atomic E-state index is 12.4. The number of esters is 6. The average Bonchev–Trinajstić information content (AvgIpc) is 3.44. The minimum Gasteiger partial charge on any atom is -0.464 e. The molecule has 9 atom stereocenters. The molecule has 20 nitrogen and oxygen atoms in total. The number of carbonyl (C=O) groups is 6. The number of carbonyl (C=O) groups excluding carboxylic acids is 6. The fourth-order valence-electron chi connectivity index (χ4n) is 4.17. The molecular formula is C26H35NO19. The van der Waals surface area contributed by atoms with E-state index in [0.29, 0.717) is 0 Å². The predicted octanol–water partition coefficient (Wildman–Crippen LogP) is -2.54. The number of methoxy groups -OCH3 is 2. The van der Waals surface area contributed by atoms with Crippen LogP contribution in [0.5, 0.6) is 0 Å². The molecule has 1 aromatic heterocycles. The van der Waals surface area contributed by atoms with Gasteiger partial charge in [-0.1, -0.05) is 0 Å². The van der Waals surface area contributed by atoms with Crippen LogP contribution in [-0.4, -0.2) is 138 Å². The number of oxazole rings is 1. The highest BCUT2D eigenvalue weighted by Gasteiger charge is 2.51. The summed E-state index contributed by atoms with van der Waals surface area (Å²) in [5.74, 6) is -8.15. The molecule has 0 spiro atoms. The van der Waals surface area contributed by atoms with Crippen LogP contribution in [0.3, 0.4) is 0 Å². The molecule has 0 aliphatic carbocycles. The molecule has 1 aliphatic rings. The normalized spacial score (nSPS) is 23.6. The van der Waals surface area contributed by atoms with E-state index in [1.54, 1.807) is 0 Å². The number of aromatic nitrogens is 1. The number of hydrogen-bond acceptors (Lipinski definition) is 20. The lowest BCUT2D eigenvalue weighted by molar-refractivity contribution is -0.328. The van der Waals surface area contributed by atoms with Gasteiger partial charge in [-0.15, -0.1) is 0 Å². The summed E-state index contributed by atoms with van der Waals surface area (Å²) in [6, 6.07) is 0. The molecule has 1 aromatic rings. The number of ether oxygens (including phenoxy) is 8. The standard InChI is InChI=1S/C26H35NO19/c1-9(29)40-8-14(41-10(2)30)19(46-26-18(35)17(34)16(33)13(7-28)44-26)21(42-11(3)31)22(43-12(4)32)23-27-15(24(36)38-5)20(45-23)25(37)39-6/h13-14,16-19,21-22,26,28,33-35H,7-8H2,1-6H3/t13-,14-,16-,17+,18-,19-,21+,22?,26?/m1/s1. The molecule has 2 unspecified atom stereocenters. The lowest BCUT2D eigenvalue weighted by Gasteiger charge is -2.43. The van der Waals surface area contributed by atoms with Crippen molar-refractivity contribution in [3.63, 3.8) is 0 Å². The molecule has 0 saturated carbocycles. The Hall–Kier alpha value is -4.21. The molecule has 0 amide bonds. The summed E-state index contributed by atoms with van der Waals surface area (Å²) in [7, 11) is 1.89. The molecule has 20 heteroatoms. The van der Waals surface area contributed by atoms with E-state index in [1.807, 2.05) is 0 Å². The fraction of sp³-hybridized carbons (Fsp3) is 0.654. The van der Waals surface area contributed by atoms with E-state index in [9.17, 15) is 49.2 Å². The minimum atomic E-state index is -2.08. The van der Waals surface area contributed by atoms with Gasteiger partial charge < -0.3 is 62.7 Å². The van der Waals surface area contributed by atoms with Crippen LogP contribution in [0.4, 0.5) is 0 Å². The van der Waals surface area contributed by atoms with Crippen LogP contribution < -0.4 is 0 Å². The predicted molar refractivity (Wildman–Crippen MR) is 140 cm³/mol. The van der Waals surface area contributed by atoms with Gasteiger partial charge in [0, 0.05) is 27.7 Å². The van der Waals surface area contributed by atoms with Crippen molar-refractivity contribution < 1.29 is 91.5 Å². The largest absolute Gasteiger partial charge is 0.464 e. The van der Waals surface area contributed by atoms with E-state index in [-0.39, 0.29) is 0 Å². The Balaban J connectivity index is 2.84. The van der Waals surface area contributed by atoms with Crippen LogP contribution in [0.25, 0.3) is 0 Å². The van der Waals surface area contributed by atoms with Gasteiger partial charge in [-0.3, -0.25) is 19.2 Å². The van der Waals surface area contributed by atoms with Crippen LogP contribution >= 0.6 is 0 Å². The molecule has 1 fully saturated rings. The van der Waals surface area contributed by atoms with Gasteiger partial charge in [-0.25, -0.2) is 14.6 Å². The number of aliphatic hydroxyl groups excluding tert-OH is 4. The van der Waals surface area contributed by atoms with Crippen LogP contribution in [-0.2, 0) is 57.1 Å². The first-order chi connectivity index (χ1) is 21.6. The van der Waals surface area contributed by atoms with Crippen LogP contribution in [0, 0.1) is 0 Å². The highest BCUT2D eigenvalue weighted by Crippen LogP contribution is 2.34. The summed E-state index contributed by atoms with van der Waals surface area (Å²) in [5.41, 5.74) is -0.758. The van der Waals surface area contributed by atoms with Gasteiger partial charge in [0.1, 0.15) is 37.1 Å². The van der Waals surface area contributed by atoms with E-state index >= 15 is 0 Å². The summed E-state index contributed by atoms with van der Waals surface area (Å²) < 4.78 is 46.8. The summed E-state index contributed by atoms with van der Waals surface area (Å²) in [4.78, 5) is 77.3. The van der Waals surface area contributed by atoms with Crippen molar-refractivity contribution in [2.45, 2.75) is 82.8 Å². The SMILES string of the molecule is COC(=O)c1nc(C(OC(C)=O)[C@@H](OC(C)=O)[C@H](OC2O[C@H](CO)[C@@H](O)[C@H](O)[C@H]2O)[C@@H](COC(C)=O)OC(C)=O)oc1C(=O)OC. The monoisotopic (exact) mass is 665 g/mol. The lowest BCUT2D eigenvalue weighted by atomic mass is 9.98. The summed E-state index contributed by atoms with van der Waals surface area (Å²) >= 11 is 0. The third kappa shape index (κ3) is 9.64. The van der Waals surface area contributed by atoms with Crippen molar-refractivity contribution in [1.82, 2.24) is 4.98 Å². The summed E-state index contributed by atoms with van der Waals surface area (Å²) in [6.45, 7) is 2.02. The van der Waals surface area contributed by atoms with Gasteiger partial charge in [0.25, 0.3) is 0 Å². The lowest BCUT2D eigenvalue weighted by Crippen LogP contribution is -2.61. The first-order valence-corrected chi connectivity index (χ1v) is 13.3. The van der Waals surface area contributed by atoms with Gasteiger partial charge in [-0.05, 0) is 0 Å². The highest BCUT2D eigenvalue weighted by atomic mass is 16.7. The number of nitrogens with zero attached hydrogens (tertiary/aromatic N) is 1. The quantitative estimate of drug-likeness (QED) is 0.118. The molecule has 0 bridgehead atoms. The number of aliphatic hydroxyl groups is 4. The summed E-state index contributed by atoms with van der Waals surface area (Å²) in [5, 5.41) is 40.8. The van der Waals surface area contributed by atoms with Gasteiger partial charge in [0.15, 0.2) is 18.5 Å². The number of hydrogen-bond donors (Lipinski definition) is 4. The highest BCUT2D eigenvalue weighted by molar-refractivity contribution is 5.99. The second-order valence-electron chi connectivity index (χ2n) is 9.57. The van der Waals surface area contributed by atoms with Crippen molar-refractivity contribution in [2.24, 2.45) is 0 Å². The van der Waals surface area contributed by atoms with Crippen molar-refractivity contribution in [3.8, 4) is 0 Å². The Kier molecular flexibility index (Phi) is 14.0. The maximum Gasteiger partial charge on any atom is 0.376 e. The van der Waals surface area contributed by atoms with E-state index in [4.69, 9.17) is 32.8 Å². The third-order valence-electron chi connectivity index (χ3n) is 6.13. The van der Waals surface area contributed by atoms with E-state index in [2.05, 4.69) is 14.5 Å². The molecule has 2 heterocycles. The zero-order valence-corrected chi connectivity index (χ0v) is 25.5. The maximum absolute atomic E-state index is 12.4. The van der Waals surface area contributed by atoms with Gasteiger partial charge in [0.2, 0.25) is 23.4 Å². The molecule has 2 rings (SSSR count). The Labute approximate surface area is 260 Å². The second kappa shape index (κ2) is 16.9. The molecule has 258 valence electrons. The van der Waals surface area contributed by atoms with Crippen LogP contribution in [0.15, 0.2) is 4.42 Å². The van der Waals surface area contributed by atoms with E-state index in [0.717, 1.165) is 41.9 Å². The fourth-order valence-corrected chi connectivity index (χ4v) is 4.17. The Morgan fingerprint density at radius 1 is 0.783 bits per heavy atom. The van der Waals surface area contributed by atoms with Crippen LogP contribution in [0.1, 0.15) is 60.7 Å². The molecule has 46 heavy (non-hydrogen) atoms. The Morgan fingerprint density at radius 2 is 1.37 bits per heavy atom. The first-order valence-electron chi connectivity index (χ1n) is 13.3. The van der Waals surface area contributed by atoms with Gasteiger partial charge in [0.05, 0.1) is 20.8 Å². The zero-order valence-electron chi connectivity index (χ0n) is 25.5. The van der Waals surface area contributed by atoms with E-state index < -0.39 is 121 Å². The van der Waals surface area contributed by atoms with E-state index in [1.165, 1.54) is 0 Å². The zero-order chi connectivity index (χ0) is 34.9. The molecule has 4 N–H and O–H groups in total. The van der Waals surface area contributed by atoms with Gasteiger partial charge >= 0.3 is 35.8 Å². The second-order valence-corrected chi connectivity index (χ2v) is 9.57. The third-order valence-corrected chi connectivity index (χ3v) is 6.13. The van der Waals surface area contributed by atoms with Crippen molar-refractivity contribution in [1.29, 1.82) is 0 Å². The summed E-state index contributed by atoms with van der Waals surface area (Å²) in [6.07, 6.45) is -17.4. The Bertz CT molecular complexity index is 1230. The molecule has 1 aliphatic heterocycles.